The van der Waals surface area contributed by atoms with E-state index in [4.69, 9.17) is 4.98 Å². The number of aromatic nitrogens is 1. The molecule has 0 radical (unpaired) electrons. The molecule has 1 atom stereocenters. The summed E-state index contributed by atoms with van der Waals surface area (Å²) >= 11 is 0. The van der Waals surface area contributed by atoms with E-state index in [1.807, 2.05) is 39.0 Å². The van der Waals surface area contributed by atoms with E-state index >= 15 is 0 Å². The van der Waals surface area contributed by atoms with E-state index in [2.05, 4.69) is 72.0 Å². The molecule has 150 valence electrons. The summed E-state index contributed by atoms with van der Waals surface area (Å²) in [7, 11) is 0.389. The predicted octanol–water partition coefficient (Wildman–Crippen LogP) is 5.52. The molecule has 0 aliphatic rings. The second-order valence-corrected chi connectivity index (χ2v) is 9.61. The fourth-order valence-corrected chi connectivity index (χ4v) is 4.47. The summed E-state index contributed by atoms with van der Waals surface area (Å²) in [5.41, 5.74) is 2.95. The topological polar surface area (TPSA) is 42.0 Å². The number of hydrogen-bond acceptors (Lipinski definition) is 2. The number of carbonyl (C=O) groups excluding carboxylic acids is 1. The molecule has 1 N–H and O–H groups in total. The van der Waals surface area contributed by atoms with Crippen LogP contribution < -0.4 is 16.1 Å². The maximum Gasteiger partial charge on any atom is 0.230 e. The first-order valence-corrected chi connectivity index (χ1v) is 11.0. The molecule has 1 heterocycles. The number of benzene rings is 3. The van der Waals surface area contributed by atoms with Gasteiger partial charge in [0.05, 0.1) is 5.44 Å². The van der Waals surface area contributed by atoms with Crippen LogP contribution in [0, 0.1) is 5.41 Å². The van der Waals surface area contributed by atoms with E-state index in [9.17, 15) is 4.79 Å². The summed E-state index contributed by atoms with van der Waals surface area (Å²) in [5.74, 6) is 0.564. The van der Waals surface area contributed by atoms with E-state index < -0.39 is 5.41 Å². The molecule has 3 nitrogen and oxygen atoms in total. The summed E-state index contributed by atoms with van der Waals surface area (Å²) in [5, 5.41) is 6.65. The molecule has 1 amide bonds. The van der Waals surface area contributed by atoms with Crippen LogP contribution in [0.4, 0.5) is 5.82 Å². The van der Waals surface area contributed by atoms with Crippen LogP contribution in [-0.4, -0.2) is 10.9 Å². The second-order valence-electron chi connectivity index (χ2n) is 8.31. The fourth-order valence-electron chi connectivity index (χ4n) is 3.30. The third kappa shape index (κ3) is 4.42. The Morgan fingerprint density at radius 2 is 1.47 bits per heavy atom. The molecular weight excluding hydrogens is 387 g/mol. The molecule has 0 aliphatic carbocycles. The standard InChI is InChI=1S/C26H25N2OP/c1-26(2,3)25(29)28-23-16-9-17-24(27-23)30-22-15-7-6-13-21(22)20-14-8-11-18-10-4-5-12-19(18)20/h4-17,30H,1-3H3,(H,27,28,29). The molecule has 4 aromatic rings. The van der Waals surface area contributed by atoms with Crippen molar-refractivity contribution in [2.24, 2.45) is 5.41 Å². The van der Waals surface area contributed by atoms with Gasteiger partial charge in [-0.3, -0.25) is 4.79 Å². The molecule has 0 bridgehead atoms. The van der Waals surface area contributed by atoms with Crippen molar-refractivity contribution >= 4 is 41.8 Å². The summed E-state index contributed by atoms with van der Waals surface area (Å²) in [6.45, 7) is 5.69. The minimum absolute atomic E-state index is 0.0355. The number of anilines is 1. The Morgan fingerprint density at radius 3 is 2.30 bits per heavy atom. The Kier molecular flexibility index (Phi) is 5.65. The van der Waals surface area contributed by atoms with Gasteiger partial charge < -0.3 is 5.32 Å². The molecule has 0 spiro atoms. The monoisotopic (exact) mass is 412 g/mol. The van der Waals surface area contributed by atoms with E-state index in [1.54, 1.807) is 0 Å². The Balaban J connectivity index is 1.68. The van der Waals surface area contributed by atoms with Crippen molar-refractivity contribution in [3.8, 4) is 11.1 Å². The first-order chi connectivity index (χ1) is 14.4. The van der Waals surface area contributed by atoms with Gasteiger partial charge in [-0.25, -0.2) is 4.98 Å². The maximum absolute atomic E-state index is 12.3. The average Bonchev–Trinajstić information content (AvgIpc) is 2.73. The summed E-state index contributed by atoms with van der Waals surface area (Å²) in [6, 6.07) is 29.2. The third-order valence-electron chi connectivity index (χ3n) is 4.94. The van der Waals surface area contributed by atoms with Gasteiger partial charge >= 0.3 is 0 Å². The largest absolute Gasteiger partial charge is 0.310 e. The third-order valence-corrected chi connectivity index (χ3v) is 6.18. The van der Waals surface area contributed by atoms with Gasteiger partial charge in [0.25, 0.3) is 0 Å². The van der Waals surface area contributed by atoms with E-state index in [1.165, 1.54) is 27.2 Å². The van der Waals surface area contributed by atoms with E-state index in [-0.39, 0.29) is 5.91 Å². The van der Waals surface area contributed by atoms with Crippen LogP contribution in [-0.2, 0) is 4.79 Å². The fraction of sp³-hybridized carbons (Fsp3) is 0.154. The van der Waals surface area contributed by atoms with Crippen LogP contribution in [0.15, 0.2) is 84.9 Å². The molecule has 3 aromatic carbocycles. The van der Waals surface area contributed by atoms with Crippen LogP contribution in [0.5, 0.6) is 0 Å². The van der Waals surface area contributed by atoms with Gasteiger partial charge in [0.15, 0.2) is 0 Å². The molecule has 1 aromatic heterocycles. The maximum atomic E-state index is 12.3. The van der Waals surface area contributed by atoms with Gasteiger partial charge in [0.1, 0.15) is 5.82 Å². The van der Waals surface area contributed by atoms with Crippen molar-refractivity contribution < 1.29 is 4.79 Å². The van der Waals surface area contributed by atoms with E-state index in [0.717, 1.165) is 5.44 Å². The zero-order valence-electron chi connectivity index (χ0n) is 17.4. The van der Waals surface area contributed by atoms with Crippen LogP contribution >= 0.6 is 8.58 Å². The van der Waals surface area contributed by atoms with E-state index in [0.29, 0.717) is 14.4 Å². The number of fused-ring (bicyclic) bond motifs is 1. The van der Waals surface area contributed by atoms with Crippen molar-refractivity contribution in [2.45, 2.75) is 20.8 Å². The van der Waals surface area contributed by atoms with Gasteiger partial charge in [-0.1, -0.05) is 93.6 Å². The van der Waals surface area contributed by atoms with Gasteiger partial charge in [0.2, 0.25) is 5.91 Å². The normalized spacial score (nSPS) is 11.8. The molecule has 4 heteroatoms. The zero-order valence-corrected chi connectivity index (χ0v) is 18.4. The minimum Gasteiger partial charge on any atom is -0.310 e. The number of amides is 1. The Labute approximate surface area is 179 Å². The quantitative estimate of drug-likeness (QED) is 0.449. The number of hydrogen-bond donors (Lipinski definition) is 1. The molecule has 1 unspecified atom stereocenters. The summed E-state index contributed by atoms with van der Waals surface area (Å²) in [4.78, 5) is 17.0. The molecule has 0 saturated carbocycles. The van der Waals surface area contributed by atoms with Crippen molar-refractivity contribution in [1.82, 2.24) is 4.98 Å². The van der Waals surface area contributed by atoms with Crippen molar-refractivity contribution in [3.05, 3.63) is 84.9 Å². The predicted molar refractivity (Wildman–Crippen MR) is 129 cm³/mol. The lowest BCUT2D eigenvalue weighted by Gasteiger charge is -2.17. The highest BCUT2D eigenvalue weighted by Gasteiger charge is 2.21. The average molecular weight is 412 g/mol. The van der Waals surface area contributed by atoms with Crippen molar-refractivity contribution in [2.75, 3.05) is 5.32 Å². The van der Waals surface area contributed by atoms with Crippen molar-refractivity contribution in [3.63, 3.8) is 0 Å². The highest BCUT2D eigenvalue weighted by Crippen LogP contribution is 2.30. The molecule has 4 rings (SSSR count). The van der Waals surface area contributed by atoms with Gasteiger partial charge in [-0.05, 0) is 47.9 Å². The Hall–Kier alpha value is -3.03. The smallest absolute Gasteiger partial charge is 0.230 e. The SMILES string of the molecule is CC(C)(C)C(=O)Nc1cccc(Pc2ccccc2-c2cccc3ccccc23)n1. The first-order valence-electron chi connectivity index (χ1n) is 10.0. The lowest BCUT2D eigenvalue weighted by atomic mass is 9.96. The lowest BCUT2D eigenvalue weighted by molar-refractivity contribution is -0.123. The van der Waals surface area contributed by atoms with Crippen LogP contribution in [0.3, 0.4) is 0 Å². The van der Waals surface area contributed by atoms with Gasteiger partial charge in [-0.2, -0.15) is 0 Å². The number of nitrogens with zero attached hydrogens (tertiary/aromatic N) is 1. The zero-order chi connectivity index (χ0) is 21.1. The first kappa shape index (κ1) is 20.3. The van der Waals surface area contributed by atoms with Gasteiger partial charge in [0, 0.05) is 5.41 Å². The Bertz CT molecular complexity index is 1210. The summed E-state index contributed by atoms with van der Waals surface area (Å²) < 4.78 is 0. The van der Waals surface area contributed by atoms with Crippen LogP contribution in [0.2, 0.25) is 0 Å². The van der Waals surface area contributed by atoms with Gasteiger partial charge in [-0.15, -0.1) is 0 Å². The molecule has 0 fully saturated rings. The number of nitrogens with one attached hydrogen (secondary N) is 1. The van der Waals surface area contributed by atoms with Crippen molar-refractivity contribution in [1.29, 1.82) is 0 Å². The minimum atomic E-state index is -0.457. The summed E-state index contributed by atoms with van der Waals surface area (Å²) in [6.07, 6.45) is 0. The number of pyridine rings is 1. The Morgan fingerprint density at radius 1 is 0.800 bits per heavy atom. The number of rotatable bonds is 4. The highest BCUT2D eigenvalue weighted by molar-refractivity contribution is 7.55. The molecular formula is C26H25N2OP. The van der Waals surface area contributed by atoms with Crippen LogP contribution in [0.1, 0.15) is 20.8 Å². The molecule has 0 saturated heterocycles. The molecule has 0 aliphatic heterocycles. The van der Waals surface area contributed by atoms with Crippen LogP contribution in [0.25, 0.3) is 21.9 Å². The second kappa shape index (κ2) is 8.38. The molecule has 30 heavy (non-hydrogen) atoms. The number of carbonyl (C=O) groups is 1. The highest BCUT2D eigenvalue weighted by atomic mass is 31.1. The lowest BCUT2D eigenvalue weighted by Crippen LogP contribution is -2.28.